The third kappa shape index (κ3) is 3.75. The van der Waals surface area contributed by atoms with Crippen LogP contribution in [0.15, 0.2) is 11.6 Å². The number of rotatable bonds is 3. The van der Waals surface area contributed by atoms with Crippen LogP contribution in [-0.4, -0.2) is 13.9 Å². The molecular weight excluding hydrogens is 178 g/mol. The largest absolute Gasteiger partial charge is 0.397 e. The van der Waals surface area contributed by atoms with Crippen LogP contribution in [0.25, 0.3) is 0 Å². The van der Waals surface area contributed by atoms with Crippen LogP contribution in [0.1, 0.15) is 20.8 Å². The van der Waals surface area contributed by atoms with Crippen molar-refractivity contribution in [3.05, 3.63) is 11.6 Å². The van der Waals surface area contributed by atoms with E-state index in [4.69, 9.17) is 9.69 Å². The third-order valence-corrected chi connectivity index (χ3v) is 2.93. The average Bonchev–Trinajstić information content (AvgIpc) is 1.99. The van der Waals surface area contributed by atoms with Crippen molar-refractivity contribution in [1.29, 1.82) is 5.26 Å². The number of allylic oxidation sites excluding steroid dienone is 1. The van der Waals surface area contributed by atoms with Gasteiger partial charge in [0.25, 0.3) is 0 Å². The van der Waals surface area contributed by atoms with E-state index in [1.54, 1.807) is 0 Å². The van der Waals surface area contributed by atoms with Gasteiger partial charge in [0.05, 0.1) is 0 Å². The van der Waals surface area contributed by atoms with Gasteiger partial charge in [-0.15, -0.1) is 0 Å². The topological polar surface area (TPSA) is 33.0 Å². The van der Waals surface area contributed by atoms with Crippen molar-refractivity contribution >= 4 is 8.32 Å². The number of nitrogens with zero attached hydrogens (tertiary/aromatic N) is 1. The monoisotopic (exact) mass is 197 g/mol. The normalized spacial score (nSPS) is 17.8. The van der Waals surface area contributed by atoms with Gasteiger partial charge in [-0.2, -0.15) is 5.26 Å². The highest BCUT2D eigenvalue weighted by Gasteiger charge is 2.32. The molecule has 0 aromatic heterocycles. The molecule has 1 unspecified atom stereocenters. The van der Waals surface area contributed by atoms with Crippen LogP contribution < -0.4 is 0 Å². The molecule has 0 saturated heterocycles. The quantitative estimate of drug-likeness (QED) is 0.514. The molecule has 0 N–H and O–H groups in total. The Hall–Kier alpha value is -0.593. The van der Waals surface area contributed by atoms with Crippen LogP contribution >= 0.6 is 0 Å². The van der Waals surface area contributed by atoms with Gasteiger partial charge >= 0.3 is 0 Å². The molecule has 0 aliphatic rings. The molecule has 0 saturated carbocycles. The molecule has 1 atom stereocenters. The van der Waals surface area contributed by atoms with E-state index in [0.29, 0.717) is 0 Å². The van der Waals surface area contributed by atoms with Gasteiger partial charge in [0.15, 0.2) is 13.9 Å². The molecule has 2 nitrogen and oxygen atoms in total. The predicted molar refractivity (Wildman–Crippen MR) is 57.9 cm³/mol. The minimum Gasteiger partial charge on any atom is -0.397 e. The summed E-state index contributed by atoms with van der Waals surface area (Å²) in [4.78, 5) is 0. The molecular formula is C10H19NOSi. The maximum absolute atomic E-state index is 9.06. The minimum atomic E-state index is -1.66. The lowest BCUT2D eigenvalue weighted by Gasteiger charge is -2.31. The first-order chi connectivity index (χ1) is 5.75. The Morgan fingerprint density at radius 1 is 1.46 bits per heavy atom. The van der Waals surface area contributed by atoms with Crippen LogP contribution in [0, 0.1) is 11.3 Å². The van der Waals surface area contributed by atoms with Gasteiger partial charge in [0.2, 0.25) is 0 Å². The zero-order valence-corrected chi connectivity index (χ0v) is 10.4. The summed E-state index contributed by atoms with van der Waals surface area (Å²) in [5.74, 6) is 0. The van der Waals surface area contributed by atoms with E-state index in [2.05, 4.69) is 25.7 Å². The second-order valence-corrected chi connectivity index (χ2v) is 8.76. The number of nitriles is 1. The summed E-state index contributed by atoms with van der Waals surface area (Å²) in [7, 11) is -1.66. The average molecular weight is 197 g/mol. The molecule has 0 amide bonds. The molecule has 3 heteroatoms. The van der Waals surface area contributed by atoms with Crippen LogP contribution in [0.2, 0.25) is 19.6 Å². The molecule has 0 rings (SSSR count). The first kappa shape index (κ1) is 12.4. The Bertz CT molecular complexity index is 247. The van der Waals surface area contributed by atoms with E-state index in [0.717, 1.165) is 5.57 Å². The molecule has 13 heavy (non-hydrogen) atoms. The predicted octanol–water partition coefficient (Wildman–Crippen LogP) is 3.09. The fraction of sp³-hybridized carbons (Fsp3) is 0.700. The van der Waals surface area contributed by atoms with Crippen molar-refractivity contribution in [2.24, 2.45) is 0 Å². The molecule has 0 bridgehead atoms. The maximum Gasteiger partial charge on any atom is 0.186 e. The van der Waals surface area contributed by atoms with E-state index in [-0.39, 0.29) is 0 Å². The highest BCUT2D eigenvalue weighted by molar-refractivity contribution is 6.69. The molecule has 0 fully saturated rings. The summed E-state index contributed by atoms with van der Waals surface area (Å²) in [6.45, 7) is 12.0. The first-order valence-electron chi connectivity index (χ1n) is 4.50. The van der Waals surface area contributed by atoms with E-state index in [9.17, 15) is 0 Å². The summed E-state index contributed by atoms with van der Waals surface area (Å²) in [5.41, 5.74) is 0.247. The SMILES string of the molecule is C/C=C(/C)C(C)(C#N)O[Si](C)(C)C. The molecule has 0 aliphatic heterocycles. The van der Waals surface area contributed by atoms with Crippen molar-refractivity contribution in [3.8, 4) is 6.07 Å². The second-order valence-electron chi connectivity index (χ2n) is 4.33. The Labute approximate surface area is 82.3 Å². The van der Waals surface area contributed by atoms with Crippen LogP contribution in [0.4, 0.5) is 0 Å². The number of hydrogen-bond donors (Lipinski definition) is 0. The molecule has 0 aromatic rings. The van der Waals surface area contributed by atoms with Gasteiger partial charge in [0.1, 0.15) is 6.07 Å². The second kappa shape index (κ2) is 4.08. The van der Waals surface area contributed by atoms with Gasteiger partial charge in [0, 0.05) is 0 Å². The Kier molecular flexibility index (Phi) is 3.89. The summed E-state index contributed by atoms with van der Waals surface area (Å²) in [6.07, 6.45) is 1.93. The molecule has 0 aliphatic carbocycles. The fourth-order valence-electron chi connectivity index (χ4n) is 1.08. The Balaban J connectivity index is 4.80. The molecule has 74 valence electrons. The van der Waals surface area contributed by atoms with Crippen LogP contribution in [0.5, 0.6) is 0 Å². The van der Waals surface area contributed by atoms with Gasteiger partial charge < -0.3 is 4.43 Å². The third-order valence-electron chi connectivity index (χ3n) is 1.91. The summed E-state index contributed by atoms with van der Waals surface area (Å²) < 4.78 is 5.84. The highest BCUT2D eigenvalue weighted by Crippen LogP contribution is 2.24. The van der Waals surface area contributed by atoms with Gasteiger partial charge in [-0.3, -0.25) is 0 Å². The Morgan fingerprint density at radius 3 is 2.15 bits per heavy atom. The Morgan fingerprint density at radius 2 is 1.92 bits per heavy atom. The molecule has 0 heterocycles. The fourth-order valence-corrected chi connectivity index (χ4v) is 2.51. The van der Waals surface area contributed by atoms with E-state index in [1.165, 1.54) is 0 Å². The van der Waals surface area contributed by atoms with E-state index in [1.807, 2.05) is 26.8 Å². The molecule has 0 radical (unpaired) electrons. The first-order valence-corrected chi connectivity index (χ1v) is 7.91. The van der Waals surface area contributed by atoms with Gasteiger partial charge in [-0.05, 0) is 46.0 Å². The minimum absolute atomic E-state index is 0.737. The zero-order chi connectivity index (χ0) is 10.7. The van der Waals surface area contributed by atoms with Crippen molar-refractivity contribution in [1.82, 2.24) is 0 Å². The molecule has 0 spiro atoms. The van der Waals surface area contributed by atoms with E-state index >= 15 is 0 Å². The van der Waals surface area contributed by atoms with Crippen molar-refractivity contribution in [2.45, 2.75) is 46.0 Å². The van der Waals surface area contributed by atoms with Gasteiger partial charge in [-0.25, -0.2) is 0 Å². The highest BCUT2D eigenvalue weighted by atomic mass is 28.4. The van der Waals surface area contributed by atoms with Crippen molar-refractivity contribution in [2.75, 3.05) is 0 Å². The number of hydrogen-bond acceptors (Lipinski definition) is 2. The van der Waals surface area contributed by atoms with Crippen molar-refractivity contribution in [3.63, 3.8) is 0 Å². The smallest absolute Gasteiger partial charge is 0.186 e. The summed E-state index contributed by atoms with van der Waals surface area (Å²) in [5, 5.41) is 9.06. The lowest BCUT2D eigenvalue weighted by Crippen LogP contribution is -2.40. The zero-order valence-electron chi connectivity index (χ0n) is 9.43. The summed E-state index contributed by atoms with van der Waals surface area (Å²) >= 11 is 0. The standard InChI is InChI=1S/C10H19NOSi/c1-7-9(2)10(3,8-11)12-13(4,5)6/h7H,1-6H3/b9-7-. The lowest BCUT2D eigenvalue weighted by molar-refractivity contribution is 0.179. The van der Waals surface area contributed by atoms with Gasteiger partial charge in [-0.1, -0.05) is 6.08 Å². The van der Waals surface area contributed by atoms with E-state index < -0.39 is 13.9 Å². The molecule has 0 aromatic carbocycles. The maximum atomic E-state index is 9.06. The van der Waals surface area contributed by atoms with Crippen LogP contribution in [-0.2, 0) is 4.43 Å². The van der Waals surface area contributed by atoms with Crippen molar-refractivity contribution < 1.29 is 4.43 Å². The lowest BCUT2D eigenvalue weighted by atomic mass is 9.99. The van der Waals surface area contributed by atoms with Crippen LogP contribution in [0.3, 0.4) is 0 Å². The summed E-state index contributed by atoms with van der Waals surface area (Å²) in [6, 6.07) is 2.23.